The lowest BCUT2D eigenvalue weighted by Gasteiger charge is -2.30. The molecule has 0 aliphatic heterocycles. The lowest BCUT2D eigenvalue weighted by Crippen LogP contribution is -2.30. The number of ether oxygens (including phenoxy) is 1. The molecule has 0 amide bonds. The van der Waals surface area contributed by atoms with Crippen LogP contribution in [0.5, 0.6) is 5.75 Å². The summed E-state index contributed by atoms with van der Waals surface area (Å²) in [6.45, 7) is 10.4. The molecule has 1 unspecified atom stereocenters. The largest absolute Gasteiger partial charge is 0.485 e. The molecule has 136 valence electrons. The molecule has 2 rings (SSSR count). The van der Waals surface area contributed by atoms with Gasteiger partial charge in [0, 0.05) is 5.41 Å². The van der Waals surface area contributed by atoms with E-state index in [4.69, 9.17) is 4.74 Å². The first kappa shape index (κ1) is 19.7. The van der Waals surface area contributed by atoms with Crippen LogP contribution in [0, 0.1) is 29.5 Å². The Bertz CT molecular complexity index is 823. The van der Waals surface area contributed by atoms with Gasteiger partial charge in [-0.3, -0.25) is 0 Å². The molecule has 0 aliphatic rings. The summed E-state index contributed by atoms with van der Waals surface area (Å²) >= 11 is 0. The zero-order valence-corrected chi connectivity index (χ0v) is 16.1. The Balaban J connectivity index is 2.35. The molecule has 0 saturated carbocycles. The Labute approximate surface area is 155 Å². The van der Waals surface area contributed by atoms with Crippen LogP contribution in [-0.4, -0.2) is 6.10 Å². The van der Waals surface area contributed by atoms with E-state index < -0.39 is 0 Å². The number of halogens is 1. The van der Waals surface area contributed by atoms with Crippen molar-refractivity contribution in [3.63, 3.8) is 0 Å². The fourth-order valence-electron chi connectivity index (χ4n) is 2.75. The van der Waals surface area contributed by atoms with Crippen LogP contribution in [0.25, 0.3) is 6.08 Å². The standard InChI is InChI=1S/C23H26FNO/c1-6-19-14-18(15-25)13-16(2)22(19)26-21(23(3,4)5)12-9-17-7-10-20(24)11-8-17/h7-14,21H,6H2,1-5H3/b12-9+. The molecular formula is C23H26FNO. The first-order chi connectivity index (χ1) is 12.2. The van der Waals surface area contributed by atoms with E-state index >= 15 is 0 Å². The van der Waals surface area contributed by atoms with Gasteiger partial charge in [0.25, 0.3) is 0 Å². The number of benzene rings is 2. The lowest BCUT2D eigenvalue weighted by molar-refractivity contribution is 0.127. The van der Waals surface area contributed by atoms with Crippen molar-refractivity contribution in [1.29, 1.82) is 5.26 Å². The smallest absolute Gasteiger partial charge is 0.126 e. The molecule has 2 nitrogen and oxygen atoms in total. The van der Waals surface area contributed by atoms with E-state index in [2.05, 4.69) is 33.8 Å². The quantitative estimate of drug-likeness (QED) is 0.654. The Hall–Kier alpha value is -2.60. The topological polar surface area (TPSA) is 33.0 Å². The van der Waals surface area contributed by atoms with Gasteiger partial charge in [-0.05, 0) is 60.4 Å². The summed E-state index contributed by atoms with van der Waals surface area (Å²) in [4.78, 5) is 0. The SMILES string of the molecule is CCc1cc(C#N)cc(C)c1OC(/C=C/c1ccc(F)cc1)C(C)(C)C. The summed E-state index contributed by atoms with van der Waals surface area (Å²) in [6, 6.07) is 12.4. The van der Waals surface area contributed by atoms with Crippen molar-refractivity contribution in [1.82, 2.24) is 0 Å². The van der Waals surface area contributed by atoms with Gasteiger partial charge in [-0.2, -0.15) is 5.26 Å². The van der Waals surface area contributed by atoms with Crippen LogP contribution in [-0.2, 0) is 6.42 Å². The van der Waals surface area contributed by atoms with Gasteiger partial charge in [0.2, 0.25) is 0 Å². The van der Waals surface area contributed by atoms with Crippen LogP contribution >= 0.6 is 0 Å². The number of rotatable bonds is 5. The third kappa shape index (κ3) is 4.95. The van der Waals surface area contributed by atoms with Gasteiger partial charge in [-0.15, -0.1) is 0 Å². The number of hydrogen-bond donors (Lipinski definition) is 0. The van der Waals surface area contributed by atoms with Crippen LogP contribution < -0.4 is 4.74 Å². The summed E-state index contributed by atoms with van der Waals surface area (Å²) < 4.78 is 19.5. The first-order valence-electron chi connectivity index (χ1n) is 8.88. The van der Waals surface area contributed by atoms with Crippen molar-refractivity contribution in [2.45, 2.75) is 47.1 Å². The summed E-state index contributed by atoms with van der Waals surface area (Å²) in [6.07, 6.45) is 4.61. The molecule has 0 bridgehead atoms. The van der Waals surface area contributed by atoms with Crippen LogP contribution in [0.3, 0.4) is 0 Å². The lowest BCUT2D eigenvalue weighted by atomic mass is 9.88. The summed E-state index contributed by atoms with van der Waals surface area (Å²) in [5, 5.41) is 9.19. The van der Waals surface area contributed by atoms with Gasteiger partial charge >= 0.3 is 0 Å². The summed E-state index contributed by atoms with van der Waals surface area (Å²) in [5.74, 6) is 0.599. The number of nitriles is 1. The fraction of sp³-hybridized carbons (Fsp3) is 0.348. The maximum absolute atomic E-state index is 13.1. The van der Waals surface area contributed by atoms with E-state index in [-0.39, 0.29) is 17.3 Å². The van der Waals surface area contributed by atoms with Crippen LogP contribution in [0.1, 0.15) is 49.9 Å². The van der Waals surface area contributed by atoms with Crippen molar-refractivity contribution in [2.24, 2.45) is 5.41 Å². The Morgan fingerprint density at radius 2 is 1.85 bits per heavy atom. The highest BCUT2D eigenvalue weighted by molar-refractivity contribution is 5.51. The van der Waals surface area contributed by atoms with E-state index in [9.17, 15) is 9.65 Å². The van der Waals surface area contributed by atoms with E-state index in [1.807, 2.05) is 31.2 Å². The van der Waals surface area contributed by atoms with Crippen LogP contribution in [0.15, 0.2) is 42.5 Å². The molecular weight excluding hydrogens is 325 g/mol. The molecule has 0 fully saturated rings. The highest BCUT2D eigenvalue weighted by Crippen LogP contribution is 2.32. The second-order valence-corrected chi connectivity index (χ2v) is 7.56. The molecule has 0 radical (unpaired) electrons. The van der Waals surface area contributed by atoms with Crippen molar-refractivity contribution in [3.05, 3.63) is 70.5 Å². The minimum absolute atomic E-state index is 0.123. The highest BCUT2D eigenvalue weighted by Gasteiger charge is 2.25. The predicted octanol–water partition coefficient (Wildman–Crippen LogP) is 6.08. The average Bonchev–Trinajstić information content (AvgIpc) is 2.59. The minimum atomic E-state index is -0.244. The molecule has 0 saturated heterocycles. The molecule has 2 aromatic rings. The van der Waals surface area contributed by atoms with Crippen molar-refractivity contribution >= 4 is 6.08 Å². The predicted molar refractivity (Wildman–Crippen MR) is 105 cm³/mol. The third-order valence-corrected chi connectivity index (χ3v) is 4.29. The molecule has 0 N–H and O–H groups in total. The fourth-order valence-corrected chi connectivity index (χ4v) is 2.75. The molecule has 0 spiro atoms. The minimum Gasteiger partial charge on any atom is -0.485 e. The normalized spacial score (nSPS) is 12.8. The van der Waals surface area contributed by atoms with Crippen LogP contribution in [0.2, 0.25) is 0 Å². The monoisotopic (exact) mass is 351 g/mol. The van der Waals surface area contributed by atoms with Crippen molar-refractivity contribution in [3.8, 4) is 11.8 Å². The molecule has 0 aliphatic carbocycles. The Kier molecular flexibility index (Phi) is 6.21. The van der Waals surface area contributed by atoms with E-state index in [1.54, 1.807) is 12.1 Å². The third-order valence-electron chi connectivity index (χ3n) is 4.29. The van der Waals surface area contributed by atoms with Gasteiger partial charge in [0.05, 0.1) is 11.6 Å². The van der Waals surface area contributed by atoms with Gasteiger partial charge in [0.15, 0.2) is 0 Å². The molecule has 0 heterocycles. The van der Waals surface area contributed by atoms with Crippen molar-refractivity contribution < 1.29 is 9.13 Å². The average molecular weight is 351 g/mol. The Morgan fingerprint density at radius 3 is 2.38 bits per heavy atom. The van der Waals surface area contributed by atoms with Gasteiger partial charge in [-0.1, -0.05) is 45.9 Å². The Morgan fingerprint density at radius 1 is 1.19 bits per heavy atom. The first-order valence-corrected chi connectivity index (χ1v) is 8.88. The van der Waals surface area contributed by atoms with Gasteiger partial charge in [0.1, 0.15) is 17.7 Å². The highest BCUT2D eigenvalue weighted by atomic mass is 19.1. The molecule has 26 heavy (non-hydrogen) atoms. The summed E-state index contributed by atoms with van der Waals surface area (Å²) in [5.41, 5.74) is 3.45. The second-order valence-electron chi connectivity index (χ2n) is 7.56. The molecule has 1 atom stereocenters. The van der Waals surface area contributed by atoms with Gasteiger partial charge in [-0.25, -0.2) is 4.39 Å². The number of aryl methyl sites for hydroxylation is 2. The van der Waals surface area contributed by atoms with Gasteiger partial charge < -0.3 is 4.74 Å². The zero-order chi connectivity index (χ0) is 19.3. The van der Waals surface area contributed by atoms with E-state index in [0.717, 1.165) is 28.9 Å². The van der Waals surface area contributed by atoms with E-state index in [1.165, 1.54) is 12.1 Å². The maximum atomic E-state index is 13.1. The second kappa shape index (κ2) is 8.19. The molecule has 0 aromatic heterocycles. The van der Waals surface area contributed by atoms with Crippen molar-refractivity contribution in [2.75, 3.05) is 0 Å². The summed E-state index contributed by atoms with van der Waals surface area (Å²) in [7, 11) is 0. The zero-order valence-electron chi connectivity index (χ0n) is 16.1. The maximum Gasteiger partial charge on any atom is 0.126 e. The number of hydrogen-bond acceptors (Lipinski definition) is 2. The molecule has 2 aromatic carbocycles. The van der Waals surface area contributed by atoms with Crippen LogP contribution in [0.4, 0.5) is 4.39 Å². The van der Waals surface area contributed by atoms with E-state index in [0.29, 0.717) is 5.56 Å². The number of nitrogens with zero attached hydrogens (tertiary/aromatic N) is 1. The molecule has 3 heteroatoms.